The van der Waals surface area contributed by atoms with Crippen molar-refractivity contribution in [2.75, 3.05) is 32.6 Å². The lowest BCUT2D eigenvalue weighted by molar-refractivity contribution is -0.0766. The lowest BCUT2D eigenvalue weighted by Gasteiger charge is -2.38. The van der Waals surface area contributed by atoms with Crippen molar-refractivity contribution < 1.29 is 37.2 Å². The SMILES string of the molecule is C=CCOC/C=C/C1CC(=C)C(CCC2C[C@@H](C)C(=C)C(CC3OC(CC(O)CN)[C@H](OC)C3CS(=O)(=O)c3ccccc3)O2)O1. The van der Waals surface area contributed by atoms with Crippen LogP contribution in [0.4, 0.5) is 0 Å². The molecule has 3 saturated heterocycles. The van der Waals surface area contributed by atoms with E-state index in [1.807, 2.05) is 12.2 Å². The van der Waals surface area contributed by atoms with Crippen molar-refractivity contribution >= 4 is 9.84 Å². The first-order valence-electron chi connectivity index (χ1n) is 16.4. The topological polar surface area (TPSA) is 127 Å². The van der Waals surface area contributed by atoms with Gasteiger partial charge in [0.15, 0.2) is 9.84 Å². The molecule has 256 valence electrons. The monoisotopic (exact) mass is 659 g/mol. The summed E-state index contributed by atoms with van der Waals surface area (Å²) >= 11 is 0. The summed E-state index contributed by atoms with van der Waals surface area (Å²) < 4.78 is 57.8. The maximum absolute atomic E-state index is 13.5. The number of nitrogens with two attached hydrogens (primary N) is 1. The summed E-state index contributed by atoms with van der Waals surface area (Å²) in [5, 5.41) is 10.4. The lowest BCUT2D eigenvalue weighted by Crippen LogP contribution is -2.40. The Morgan fingerprint density at radius 3 is 2.54 bits per heavy atom. The van der Waals surface area contributed by atoms with Crippen molar-refractivity contribution in [2.45, 2.75) is 99.2 Å². The van der Waals surface area contributed by atoms with E-state index >= 15 is 0 Å². The quantitative estimate of drug-likeness (QED) is 0.183. The van der Waals surface area contributed by atoms with Gasteiger partial charge in [0.25, 0.3) is 0 Å². The van der Waals surface area contributed by atoms with Gasteiger partial charge in [-0.3, -0.25) is 0 Å². The van der Waals surface area contributed by atoms with Crippen LogP contribution in [0.1, 0.15) is 45.4 Å². The van der Waals surface area contributed by atoms with E-state index in [1.54, 1.807) is 43.5 Å². The van der Waals surface area contributed by atoms with Gasteiger partial charge in [-0.25, -0.2) is 8.42 Å². The highest BCUT2D eigenvalue weighted by Crippen LogP contribution is 2.41. The molecule has 1 aromatic rings. The fourth-order valence-corrected chi connectivity index (χ4v) is 8.59. The summed E-state index contributed by atoms with van der Waals surface area (Å²) in [4.78, 5) is 0.260. The number of aliphatic hydroxyl groups is 1. The van der Waals surface area contributed by atoms with E-state index < -0.39 is 40.2 Å². The number of benzene rings is 1. The summed E-state index contributed by atoms with van der Waals surface area (Å²) in [7, 11) is -2.08. The van der Waals surface area contributed by atoms with Crippen LogP contribution >= 0.6 is 0 Å². The first-order chi connectivity index (χ1) is 22.1. The van der Waals surface area contributed by atoms with E-state index in [1.165, 1.54) is 0 Å². The summed E-state index contributed by atoms with van der Waals surface area (Å²) in [5.41, 5.74) is 7.78. The van der Waals surface area contributed by atoms with Crippen molar-refractivity contribution in [1.82, 2.24) is 0 Å². The minimum atomic E-state index is -3.64. The Morgan fingerprint density at radius 1 is 1.09 bits per heavy atom. The number of rotatable bonds is 17. The van der Waals surface area contributed by atoms with Crippen LogP contribution in [0.5, 0.6) is 0 Å². The number of sulfone groups is 1. The van der Waals surface area contributed by atoms with Gasteiger partial charge < -0.3 is 34.5 Å². The van der Waals surface area contributed by atoms with Gasteiger partial charge in [-0.1, -0.05) is 56.5 Å². The largest absolute Gasteiger partial charge is 0.392 e. The third-order valence-electron chi connectivity index (χ3n) is 9.45. The number of methoxy groups -OCH3 is 1. The highest BCUT2D eigenvalue weighted by molar-refractivity contribution is 7.91. The zero-order chi connectivity index (χ0) is 33.3. The van der Waals surface area contributed by atoms with Crippen LogP contribution in [0.2, 0.25) is 0 Å². The van der Waals surface area contributed by atoms with Gasteiger partial charge in [-0.2, -0.15) is 0 Å². The maximum Gasteiger partial charge on any atom is 0.178 e. The summed E-state index contributed by atoms with van der Waals surface area (Å²) in [6.07, 6.45) is 7.02. The van der Waals surface area contributed by atoms with Gasteiger partial charge in [-0.15, -0.1) is 6.58 Å². The van der Waals surface area contributed by atoms with Crippen LogP contribution in [0, 0.1) is 11.8 Å². The van der Waals surface area contributed by atoms with E-state index in [4.69, 9.17) is 29.4 Å². The predicted octanol–water partition coefficient (Wildman–Crippen LogP) is 4.56. The summed E-state index contributed by atoms with van der Waals surface area (Å²) in [5.74, 6) is -0.395. The van der Waals surface area contributed by atoms with Crippen molar-refractivity contribution in [3.8, 4) is 0 Å². The average Bonchev–Trinajstić information content (AvgIpc) is 3.55. The smallest absolute Gasteiger partial charge is 0.178 e. The zero-order valence-electron chi connectivity index (χ0n) is 27.4. The van der Waals surface area contributed by atoms with Gasteiger partial charge >= 0.3 is 0 Å². The second-order valence-electron chi connectivity index (χ2n) is 12.8. The van der Waals surface area contributed by atoms with Crippen LogP contribution in [-0.4, -0.2) is 95.0 Å². The molecule has 3 aliphatic rings. The van der Waals surface area contributed by atoms with Crippen LogP contribution in [0.25, 0.3) is 0 Å². The molecule has 3 N–H and O–H groups in total. The van der Waals surface area contributed by atoms with Gasteiger partial charge in [0, 0.05) is 38.8 Å². The average molecular weight is 660 g/mol. The molecule has 0 spiro atoms. The zero-order valence-corrected chi connectivity index (χ0v) is 28.2. The number of hydrogen-bond acceptors (Lipinski definition) is 9. The third-order valence-corrected chi connectivity index (χ3v) is 11.3. The Labute approximate surface area is 275 Å². The van der Waals surface area contributed by atoms with E-state index in [0.29, 0.717) is 19.6 Å². The molecule has 10 atom stereocenters. The third kappa shape index (κ3) is 9.70. The van der Waals surface area contributed by atoms with E-state index in [-0.39, 0.29) is 53.9 Å². The molecule has 3 heterocycles. The molecule has 0 aromatic heterocycles. The normalized spacial score (nSPS) is 32.7. The van der Waals surface area contributed by atoms with Crippen LogP contribution in [0.15, 0.2) is 84.3 Å². The molecular formula is C36H53NO8S. The fraction of sp³-hybridized carbons (Fsp3) is 0.611. The second-order valence-corrected chi connectivity index (χ2v) is 14.9. The molecule has 3 fully saturated rings. The van der Waals surface area contributed by atoms with Crippen molar-refractivity contribution in [3.05, 3.63) is 79.4 Å². The number of ether oxygens (including phenoxy) is 5. The molecule has 0 aliphatic carbocycles. The molecule has 4 rings (SSSR count). The Morgan fingerprint density at radius 2 is 1.85 bits per heavy atom. The lowest BCUT2D eigenvalue weighted by atomic mass is 9.83. The van der Waals surface area contributed by atoms with Gasteiger partial charge in [0.2, 0.25) is 0 Å². The Kier molecular flexibility index (Phi) is 13.8. The highest BCUT2D eigenvalue weighted by Gasteiger charge is 2.48. The molecule has 8 unspecified atom stereocenters. The van der Waals surface area contributed by atoms with Crippen LogP contribution in [-0.2, 0) is 33.5 Å². The van der Waals surface area contributed by atoms with Crippen molar-refractivity contribution in [3.63, 3.8) is 0 Å². The predicted molar refractivity (Wildman–Crippen MR) is 179 cm³/mol. The molecule has 0 bridgehead atoms. The summed E-state index contributed by atoms with van der Waals surface area (Å²) in [6, 6.07) is 8.44. The van der Waals surface area contributed by atoms with Crippen molar-refractivity contribution in [2.24, 2.45) is 17.6 Å². The Bertz CT molecular complexity index is 1280. The molecule has 9 nitrogen and oxygen atoms in total. The molecule has 1 aromatic carbocycles. The van der Waals surface area contributed by atoms with E-state index in [9.17, 15) is 13.5 Å². The molecule has 0 amide bonds. The molecule has 3 aliphatic heterocycles. The molecule has 10 heteroatoms. The number of hydrogen-bond donors (Lipinski definition) is 2. The minimum absolute atomic E-state index is 0.00775. The maximum atomic E-state index is 13.5. The van der Waals surface area contributed by atoms with Gasteiger partial charge in [-0.05, 0) is 48.5 Å². The molecule has 0 saturated carbocycles. The first-order valence-corrected chi connectivity index (χ1v) is 18.1. The van der Waals surface area contributed by atoms with Crippen LogP contribution < -0.4 is 5.73 Å². The number of aliphatic hydroxyl groups excluding tert-OH is 1. The Hall–Kier alpha value is -2.15. The van der Waals surface area contributed by atoms with E-state index in [0.717, 1.165) is 36.8 Å². The van der Waals surface area contributed by atoms with Crippen LogP contribution in [0.3, 0.4) is 0 Å². The highest BCUT2D eigenvalue weighted by atomic mass is 32.2. The summed E-state index contributed by atoms with van der Waals surface area (Å²) in [6.45, 7) is 15.6. The molecular weight excluding hydrogens is 606 g/mol. The fourth-order valence-electron chi connectivity index (χ4n) is 6.92. The molecule has 46 heavy (non-hydrogen) atoms. The minimum Gasteiger partial charge on any atom is -0.392 e. The van der Waals surface area contributed by atoms with E-state index in [2.05, 4.69) is 26.7 Å². The standard InChI is InChI=1S/C36H53NO8S/c1-6-16-42-17-10-11-28-19-25(3)32(43-28)15-14-29-18-24(2)26(4)33(44-29)21-34-31(23-46(39,40)30-12-8-7-9-13-30)36(41-5)35(45-34)20-27(38)22-37/h6-13,24,27-29,31-36,38H,1,3-4,14-23,37H2,2,5H3/b11-10+/t24-,27?,28?,29?,31?,32?,33?,34?,35?,36-/m1/s1. The molecule has 0 radical (unpaired) electrons. The van der Waals surface area contributed by atoms with Gasteiger partial charge in [0.05, 0.1) is 72.7 Å². The Balaban J connectivity index is 1.42. The second kappa shape index (κ2) is 17.3. The van der Waals surface area contributed by atoms with Crippen molar-refractivity contribution in [1.29, 1.82) is 0 Å². The van der Waals surface area contributed by atoms with Gasteiger partial charge in [0.1, 0.15) is 0 Å². The first kappa shape index (κ1) is 36.7.